The zero-order valence-corrected chi connectivity index (χ0v) is 20.4. The van der Waals surface area contributed by atoms with Crippen LogP contribution in [-0.4, -0.2) is 32.8 Å². The van der Waals surface area contributed by atoms with E-state index in [1.807, 2.05) is 63.4 Å². The van der Waals surface area contributed by atoms with Crippen LogP contribution in [0, 0.1) is 20.8 Å². The normalized spacial score (nSPS) is 11.8. The first-order chi connectivity index (χ1) is 16.9. The van der Waals surface area contributed by atoms with E-state index in [1.54, 1.807) is 6.20 Å². The number of fused-ring (bicyclic) bond motifs is 1. The van der Waals surface area contributed by atoms with Gasteiger partial charge in [0, 0.05) is 35.3 Å². The molecule has 0 radical (unpaired) electrons. The molecule has 0 saturated carbocycles. The van der Waals surface area contributed by atoms with E-state index in [1.165, 1.54) is 7.11 Å². The molecule has 36 heavy (non-hydrogen) atoms. The second kappa shape index (κ2) is 9.77. The molecule has 5 aromatic rings. The fourth-order valence-corrected chi connectivity index (χ4v) is 4.58. The van der Waals surface area contributed by atoms with Crippen molar-refractivity contribution in [3.63, 3.8) is 0 Å². The molecule has 184 valence electrons. The summed E-state index contributed by atoms with van der Waals surface area (Å²) >= 11 is 0. The molecule has 0 aliphatic carbocycles. The molecule has 1 atom stereocenters. The number of aromatic nitrogens is 4. The molecule has 0 amide bonds. The largest absolute Gasteiger partial charge is 0.465 e. The lowest BCUT2D eigenvalue weighted by Gasteiger charge is -2.15. The van der Waals surface area contributed by atoms with Gasteiger partial charge in [-0.1, -0.05) is 30.8 Å². The average Bonchev–Trinajstić information content (AvgIpc) is 3.43. The van der Waals surface area contributed by atoms with Crippen molar-refractivity contribution in [3.05, 3.63) is 89.3 Å². The van der Waals surface area contributed by atoms with E-state index in [-0.39, 0.29) is 19.4 Å². The Bertz CT molecular complexity index is 1530. The predicted molar refractivity (Wildman–Crippen MR) is 141 cm³/mol. The second-order valence-corrected chi connectivity index (χ2v) is 8.69. The Balaban J connectivity index is 0.00000304. The Kier molecular flexibility index (Phi) is 6.75. The van der Waals surface area contributed by atoms with Crippen LogP contribution >= 0.6 is 0 Å². The maximum absolute atomic E-state index is 12.4. The molecule has 0 aliphatic rings. The molecule has 5 rings (SSSR count). The van der Waals surface area contributed by atoms with E-state index in [0.717, 1.165) is 56.0 Å². The summed E-state index contributed by atoms with van der Waals surface area (Å²) in [4.78, 5) is 21.8. The van der Waals surface area contributed by atoms with Crippen LogP contribution in [0.5, 0.6) is 0 Å². The first-order valence-electron chi connectivity index (χ1n) is 11.4. The van der Waals surface area contributed by atoms with Gasteiger partial charge in [-0.05, 0) is 63.1 Å². The van der Waals surface area contributed by atoms with E-state index < -0.39 is 0 Å². The summed E-state index contributed by atoms with van der Waals surface area (Å²) in [6.45, 7) is 7.85. The number of hydrogen-bond donors (Lipinski definition) is 0. The molecular formula is C29H30N4O3. The highest BCUT2D eigenvalue weighted by atomic mass is 16.5. The lowest BCUT2D eigenvalue weighted by atomic mass is 10.00. The Hall–Kier alpha value is -4.26. The smallest absolute Gasteiger partial charge is 0.338 e. The average molecular weight is 483 g/mol. The van der Waals surface area contributed by atoms with Crippen molar-refractivity contribution in [2.24, 2.45) is 0 Å². The number of carbonyl (C=O) groups is 1. The molecule has 1 aromatic carbocycles. The minimum atomic E-state index is -0.358. The molecule has 0 bridgehead atoms. The van der Waals surface area contributed by atoms with E-state index in [2.05, 4.69) is 33.9 Å². The zero-order valence-electron chi connectivity index (χ0n) is 20.4. The molecule has 0 unspecified atom stereocenters. The highest BCUT2D eigenvalue weighted by molar-refractivity contribution is 5.98. The summed E-state index contributed by atoms with van der Waals surface area (Å²) in [7, 11) is 1.40. The van der Waals surface area contributed by atoms with Crippen LogP contribution in [0.1, 0.15) is 53.5 Å². The summed E-state index contributed by atoms with van der Waals surface area (Å²) in [5, 5.41) is 4.11. The quantitative estimate of drug-likeness (QED) is 0.259. The molecule has 4 heterocycles. The monoisotopic (exact) mass is 482 g/mol. The van der Waals surface area contributed by atoms with Gasteiger partial charge >= 0.3 is 5.97 Å². The number of methoxy groups -OCH3 is 1. The summed E-state index contributed by atoms with van der Waals surface area (Å²) in [6, 6.07) is 13.8. The Labute approximate surface area is 210 Å². The molecule has 4 aromatic heterocycles. The molecule has 0 aliphatic heterocycles. The van der Waals surface area contributed by atoms with Gasteiger partial charge in [0.05, 0.1) is 41.1 Å². The van der Waals surface area contributed by atoms with Gasteiger partial charge in [-0.25, -0.2) is 4.79 Å². The van der Waals surface area contributed by atoms with Gasteiger partial charge in [-0.2, -0.15) is 0 Å². The van der Waals surface area contributed by atoms with Crippen LogP contribution in [0.15, 0.2) is 65.6 Å². The lowest BCUT2D eigenvalue weighted by Crippen LogP contribution is -2.07. The first-order valence-corrected chi connectivity index (χ1v) is 11.4. The number of pyridine rings is 2. The van der Waals surface area contributed by atoms with Gasteiger partial charge in [-0.3, -0.25) is 9.97 Å². The highest BCUT2D eigenvalue weighted by Crippen LogP contribution is 2.36. The number of nitrogens with zero attached hydrogens (tertiary/aromatic N) is 4. The van der Waals surface area contributed by atoms with Crippen molar-refractivity contribution in [2.45, 2.75) is 41.2 Å². The van der Waals surface area contributed by atoms with Crippen LogP contribution in [-0.2, 0) is 4.74 Å². The maximum Gasteiger partial charge on any atom is 0.338 e. The van der Waals surface area contributed by atoms with Crippen LogP contribution in [0.25, 0.3) is 33.3 Å². The minimum Gasteiger partial charge on any atom is -0.465 e. The highest BCUT2D eigenvalue weighted by Gasteiger charge is 2.21. The molecular weight excluding hydrogens is 452 g/mol. The summed E-state index contributed by atoms with van der Waals surface area (Å²) in [5.74, 6) is 0.393. The number of carbonyl (C=O) groups excluding carboxylic acids is 1. The van der Waals surface area contributed by atoms with Crippen molar-refractivity contribution in [1.82, 2.24) is 19.7 Å². The van der Waals surface area contributed by atoms with Gasteiger partial charge < -0.3 is 13.8 Å². The van der Waals surface area contributed by atoms with Crippen molar-refractivity contribution < 1.29 is 14.1 Å². The van der Waals surface area contributed by atoms with Crippen molar-refractivity contribution >= 4 is 17.0 Å². The number of esters is 1. The Morgan fingerprint density at radius 3 is 2.53 bits per heavy atom. The number of ether oxygens (including phenoxy) is 1. The summed E-state index contributed by atoms with van der Waals surface area (Å²) < 4.78 is 12.6. The number of rotatable bonds is 5. The second-order valence-electron chi connectivity index (χ2n) is 8.69. The Morgan fingerprint density at radius 1 is 1.06 bits per heavy atom. The van der Waals surface area contributed by atoms with Crippen LogP contribution < -0.4 is 0 Å². The molecule has 0 saturated heterocycles. The number of hydrogen-bond acceptors (Lipinski definition) is 6. The molecule has 7 nitrogen and oxygen atoms in total. The summed E-state index contributed by atoms with van der Waals surface area (Å²) in [5.41, 5.74) is 8.66. The molecule has 0 spiro atoms. The molecule has 0 fully saturated rings. The third kappa shape index (κ3) is 4.17. The zero-order chi connectivity index (χ0) is 24.7. The predicted octanol–water partition coefficient (Wildman–Crippen LogP) is 6.71. The topological polar surface area (TPSA) is 83.0 Å². The SMILES string of the molecule is C.COC(=O)c1cc(-c2cn([C@@H](C)c3ccccn3)c3cc(-c4c(C)noc4C)cnc23)ccc1C. The van der Waals surface area contributed by atoms with E-state index >= 15 is 0 Å². The Morgan fingerprint density at radius 2 is 1.86 bits per heavy atom. The number of benzene rings is 1. The third-order valence-electron chi connectivity index (χ3n) is 6.48. The van der Waals surface area contributed by atoms with Crippen molar-refractivity contribution in [2.75, 3.05) is 7.11 Å². The van der Waals surface area contributed by atoms with Crippen molar-refractivity contribution in [1.29, 1.82) is 0 Å². The summed E-state index contributed by atoms with van der Waals surface area (Å²) in [6.07, 6.45) is 5.73. The maximum atomic E-state index is 12.4. The standard InChI is InChI=1S/C28H26N4O3.CH4/c1-16-9-10-20(12-22(16)28(33)34-5)23-15-32(18(3)24-8-6-7-11-29-24)25-13-21(14-30-27(23)25)26-17(2)31-35-19(26)4;/h6-15,18H,1-5H3;1H4/t18-;/m0./s1. The van der Waals surface area contributed by atoms with Gasteiger partial charge in [0.25, 0.3) is 0 Å². The van der Waals surface area contributed by atoms with E-state index in [9.17, 15) is 4.79 Å². The van der Waals surface area contributed by atoms with Gasteiger partial charge in [0.15, 0.2) is 0 Å². The minimum absolute atomic E-state index is 0. The fraction of sp³-hybridized carbons (Fsp3) is 0.241. The van der Waals surface area contributed by atoms with E-state index in [0.29, 0.717) is 5.56 Å². The van der Waals surface area contributed by atoms with E-state index in [4.69, 9.17) is 14.2 Å². The first kappa shape index (κ1) is 24.9. The van der Waals surface area contributed by atoms with Crippen LogP contribution in [0.4, 0.5) is 0 Å². The molecule has 7 heteroatoms. The lowest BCUT2D eigenvalue weighted by molar-refractivity contribution is 0.0600. The fourth-order valence-electron chi connectivity index (χ4n) is 4.58. The van der Waals surface area contributed by atoms with Crippen LogP contribution in [0.2, 0.25) is 0 Å². The molecule has 0 N–H and O–H groups in total. The van der Waals surface area contributed by atoms with Gasteiger partial charge in [0.2, 0.25) is 0 Å². The number of aryl methyl sites for hydroxylation is 3. The van der Waals surface area contributed by atoms with Crippen LogP contribution in [0.3, 0.4) is 0 Å². The van der Waals surface area contributed by atoms with Crippen molar-refractivity contribution in [3.8, 4) is 22.3 Å². The van der Waals surface area contributed by atoms with Gasteiger partial charge in [-0.15, -0.1) is 0 Å². The third-order valence-corrected chi connectivity index (χ3v) is 6.48. The van der Waals surface area contributed by atoms with Gasteiger partial charge in [0.1, 0.15) is 5.76 Å².